The molecular weight excluding hydrogens is 484 g/mol. The van der Waals surface area contributed by atoms with E-state index in [1.807, 2.05) is 48.5 Å². The van der Waals surface area contributed by atoms with Crippen LogP contribution in [0.2, 0.25) is 0 Å². The van der Waals surface area contributed by atoms with Gasteiger partial charge in [0.15, 0.2) is 0 Å². The zero-order valence-electron chi connectivity index (χ0n) is 19.1. The van der Waals surface area contributed by atoms with Crippen LogP contribution in [-0.2, 0) is 20.9 Å². The molecule has 1 aliphatic rings. The molecule has 0 radical (unpaired) electrons. The van der Waals surface area contributed by atoms with Crippen molar-refractivity contribution in [1.29, 1.82) is 0 Å². The summed E-state index contributed by atoms with van der Waals surface area (Å²) in [6.45, 7) is 2.51. The van der Waals surface area contributed by atoms with Crippen LogP contribution in [0.1, 0.15) is 55.7 Å². The number of carbonyl (C=O) groups excluding carboxylic acids is 3. The normalized spacial score (nSPS) is 12.8. The molecule has 2 aromatic rings. The largest absolute Gasteiger partial charge is 0.307 e. The van der Waals surface area contributed by atoms with E-state index in [1.165, 1.54) is 0 Å². The maximum Gasteiger partial charge on any atom is 0.230 e. The van der Waals surface area contributed by atoms with Gasteiger partial charge in [-0.2, -0.15) is 0 Å². The second kappa shape index (κ2) is 13.5. The van der Waals surface area contributed by atoms with Gasteiger partial charge in [0.1, 0.15) is 5.78 Å². The first-order valence-electron chi connectivity index (χ1n) is 11.2. The lowest BCUT2D eigenvalue weighted by Gasteiger charge is -2.26. The molecule has 0 spiro atoms. The van der Waals surface area contributed by atoms with Crippen molar-refractivity contribution in [1.82, 2.24) is 4.72 Å². The van der Waals surface area contributed by atoms with E-state index in [1.54, 1.807) is 26.5 Å². The van der Waals surface area contributed by atoms with Crippen molar-refractivity contribution >= 4 is 57.7 Å². The van der Waals surface area contributed by atoms with Gasteiger partial charge in [-0.15, -0.1) is 0 Å². The van der Waals surface area contributed by atoms with Crippen molar-refractivity contribution in [3.8, 4) is 11.8 Å². The lowest BCUT2D eigenvalue weighted by Crippen LogP contribution is -2.32. The Kier molecular flexibility index (Phi) is 10.4. The van der Waals surface area contributed by atoms with E-state index < -0.39 is 0 Å². The predicted molar refractivity (Wildman–Crippen MR) is 145 cm³/mol. The van der Waals surface area contributed by atoms with E-state index in [2.05, 4.69) is 36.3 Å². The zero-order chi connectivity index (χ0) is 24.3. The smallest absolute Gasteiger partial charge is 0.230 e. The standard InChI is InChI=1S/C26H28N2O3S3/c1-19(34-33-17-16-25(30)27-32)10-13-23(29)14-15-26(31)28-18-22-8-3-2-6-20(22)11-12-21-7-4-5-9-24(21)28/h2-9,19,32H,10,13-18H2,1H3,(H,27,30). The molecule has 178 valence electrons. The van der Waals surface area contributed by atoms with Crippen LogP contribution in [0, 0.1) is 11.8 Å². The maximum atomic E-state index is 13.2. The zero-order valence-corrected chi connectivity index (χ0v) is 21.6. The highest BCUT2D eigenvalue weighted by Crippen LogP contribution is 2.30. The molecule has 34 heavy (non-hydrogen) atoms. The monoisotopic (exact) mass is 512 g/mol. The number of para-hydroxylation sites is 1. The Labute approximate surface area is 214 Å². The van der Waals surface area contributed by atoms with Crippen LogP contribution >= 0.6 is 34.4 Å². The Morgan fingerprint density at radius 2 is 1.71 bits per heavy atom. The summed E-state index contributed by atoms with van der Waals surface area (Å²) in [5.41, 5.74) is 3.52. The number of nitrogens with zero attached hydrogens (tertiary/aromatic N) is 1. The second-order valence-corrected chi connectivity index (χ2v) is 11.1. The lowest BCUT2D eigenvalue weighted by molar-refractivity contribution is -0.124. The molecule has 0 saturated heterocycles. The number of hydrogen-bond donors (Lipinski definition) is 2. The average molecular weight is 513 g/mol. The topological polar surface area (TPSA) is 66.5 Å². The number of thiol groups is 1. The molecule has 2 amide bonds. The van der Waals surface area contributed by atoms with Gasteiger partial charge in [0.2, 0.25) is 11.8 Å². The maximum absolute atomic E-state index is 13.2. The van der Waals surface area contributed by atoms with Gasteiger partial charge in [-0.25, -0.2) is 0 Å². The molecule has 1 unspecified atom stereocenters. The van der Waals surface area contributed by atoms with Gasteiger partial charge in [-0.05, 0) is 30.2 Å². The van der Waals surface area contributed by atoms with Crippen LogP contribution in [0.3, 0.4) is 0 Å². The molecule has 1 heterocycles. The molecule has 1 aliphatic heterocycles. The van der Waals surface area contributed by atoms with Crippen molar-refractivity contribution in [2.45, 2.75) is 50.8 Å². The molecule has 0 aliphatic carbocycles. The van der Waals surface area contributed by atoms with Crippen LogP contribution in [0.15, 0.2) is 48.5 Å². The first-order valence-corrected chi connectivity index (χ1v) is 14.0. The molecule has 1 N–H and O–H groups in total. The van der Waals surface area contributed by atoms with Gasteiger partial charge in [-0.3, -0.25) is 14.4 Å². The first-order chi connectivity index (χ1) is 16.5. The summed E-state index contributed by atoms with van der Waals surface area (Å²) in [5, 5.41) is 0.292. The third kappa shape index (κ3) is 7.86. The predicted octanol–water partition coefficient (Wildman–Crippen LogP) is 5.18. The SMILES string of the molecule is CC(CCC(=O)CCC(=O)N1Cc2ccccc2C#Cc2ccccc21)SSCCC(=O)NS. The summed E-state index contributed by atoms with van der Waals surface area (Å²) in [4.78, 5) is 38.6. The first kappa shape index (κ1) is 26.3. The Bertz CT molecular complexity index is 1090. The van der Waals surface area contributed by atoms with Crippen LogP contribution in [0.5, 0.6) is 0 Å². The molecule has 2 aromatic carbocycles. The highest BCUT2D eigenvalue weighted by atomic mass is 33.1. The Balaban J connectivity index is 1.52. The van der Waals surface area contributed by atoms with Crippen molar-refractivity contribution < 1.29 is 14.4 Å². The van der Waals surface area contributed by atoms with Crippen LogP contribution in [0.25, 0.3) is 0 Å². The van der Waals surface area contributed by atoms with Crippen LogP contribution in [-0.4, -0.2) is 28.6 Å². The number of benzene rings is 2. The minimum absolute atomic E-state index is 0.0697. The van der Waals surface area contributed by atoms with Crippen molar-refractivity contribution in [3.05, 3.63) is 65.2 Å². The fourth-order valence-corrected chi connectivity index (χ4v) is 5.93. The summed E-state index contributed by atoms with van der Waals surface area (Å²) < 4.78 is 2.31. The molecule has 3 rings (SSSR count). The van der Waals surface area contributed by atoms with E-state index in [4.69, 9.17) is 0 Å². The van der Waals surface area contributed by atoms with Crippen molar-refractivity contribution in [3.63, 3.8) is 0 Å². The molecule has 0 fully saturated rings. The molecule has 1 atom stereocenters. The summed E-state index contributed by atoms with van der Waals surface area (Å²) >= 11 is 3.73. The summed E-state index contributed by atoms with van der Waals surface area (Å²) in [7, 11) is 3.30. The molecule has 0 bridgehead atoms. The van der Waals surface area contributed by atoms with Gasteiger partial charge in [0.05, 0.1) is 12.2 Å². The number of ketones is 1. The van der Waals surface area contributed by atoms with Gasteiger partial charge in [0.25, 0.3) is 0 Å². The number of amides is 2. The average Bonchev–Trinajstić information content (AvgIpc) is 2.85. The summed E-state index contributed by atoms with van der Waals surface area (Å²) in [5.74, 6) is 7.05. The highest BCUT2D eigenvalue weighted by Gasteiger charge is 2.21. The quantitative estimate of drug-likeness (QED) is 0.188. The molecule has 8 heteroatoms. The Morgan fingerprint density at radius 1 is 1.00 bits per heavy atom. The molecule has 0 aromatic heterocycles. The van der Waals surface area contributed by atoms with E-state index >= 15 is 0 Å². The second-order valence-electron chi connectivity index (χ2n) is 8.00. The van der Waals surface area contributed by atoms with Gasteiger partial charge < -0.3 is 9.62 Å². The fraction of sp³-hybridized carbons (Fsp3) is 0.346. The number of nitrogens with one attached hydrogen (secondary N) is 1. The number of carbonyl (C=O) groups is 3. The number of fused-ring (bicyclic) bond motifs is 2. The minimum Gasteiger partial charge on any atom is -0.307 e. The lowest BCUT2D eigenvalue weighted by atomic mass is 10.0. The minimum atomic E-state index is -0.0953. The van der Waals surface area contributed by atoms with Gasteiger partial charge in [0, 0.05) is 47.8 Å². The van der Waals surface area contributed by atoms with Gasteiger partial charge in [-0.1, -0.05) is 83.5 Å². The van der Waals surface area contributed by atoms with E-state index in [9.17, 15) is 14.4 Å². The summed E-state index contributed by atoms with van der Waals surface area (Å²) in [6, 6.07) is 15.5. The summed E-state index contributed by atoms with van der Waals surface area (Å²) in [6.07, 6.45) is 2.03. The van der Waals surface area contributed by atoms with Gasteiger partial charge >= 0.3 is 0 Å². The molecular formula is C26H28N2O3S3. The third-order valence-electron chi connectivity index (χ3n) is 5.39. The number of rotatable bonds is 11. The van der Waals surface area contributed by atoms with Crippen LogP contribution in [0.4, 0.5) is 5.69 Å². The van der Waals surface area contributed by atoms with E-state index in [-0.39, 0.29) is 30.4 Å². The Morgan fingerprint density at radius 3 is 2.50 bits per heavy atom. The Hall–Kier alpha value is -2.34. The molecule has 0 saturated carbocycles. The third-order valence-corrected chi connectivity index (χ3v) is 8.60. The molecule has 5 nitrogen and oxygen atoms in total. The number of Topliss-reactive ketones (excluding diaryl/α,β-unsaturated/α-hetero) is 1. The van der Waals surface area contributed by atoms with Crippen molar-refractivity contribution in [2.75, 3.05) is 10.7 Å². The highest BCUT2D eigenvalue weighted by molar-refractivity contribution is 8.76. The number of hydrogen-bond acceptors (Lipinski definition) is 6. The van der Waals surface area contributed by atoms with Crippen LogP contribution < -0.4 is 9.62 Å². The fourth-order valence-electron chi connectivity index (χ4n) is 3.48. The van der Waals surface area contributed by atoms with E-state index in [0.717, 1.165) is 28.8 Å². The van der Waals surface area contributed by atoms with Crippen molar-refractivity contribution in [2.24, 2.45) is 0 Å². The van der Waals surface area contributed by atoms with E-state index in [0.29, 0.717) is 30.4 Å². The number of anilines is 1.